The van der Waals surface area contributed by atoms with Crippen molar-refractivity contribution in [2.75, 3.05) is 26.8 Å². The Bertz CT molecular complexity index is 635. The van der Waals surface area contributed by atoms with E-state index in [4.69, 9.17) is 4.74 Å². The van der Waals surface area contributed by atoms with Crippen LogP contribution in [0, 0.1) is 5.82 Å². The number of rotatable bonds is 7. The van der Waals surface area contributed by atoms with E-state index in [9.17, 15) is 18.8 Å². The number of halogens is 1. The summed E-state index contributed by atoms with van der Waals surface area (Å²) in [6.07, 6.45) is 0.283. The molecule has 0 aromatic heterocycles. The Morgan fingerprint density at radius 1 is 1.33 bits per heavy atom. The van der Waals surface area contributed by atoms with E-state index < -0.39 is 29.2 Å². The van der Waals surface area contributed by atoms with Crippen molar-refractivity contribution in [2.24, 2.45) is 0 Å². The van der Waals surface area contributed by atoms with Crippen LogP contribution >= 0.6 is 0 Å². The fourth-order valence-corrected chi connectivity index (χ4v) is 2.64. The Morgan fingerprint density at radius 3 is 2.58 bits per heavy atom. The summed E-state index contributed by atoms with van der Waals surface area (Å²) in [6, 6.07) is 4.73. The van der Waals surface area contributed by atoms with Gasteiger partial charge in [-0.05, 0) is 24.1 Å². The first kappa shape index (κ1) is 17.9. The van der Waals surface area contributed by atoms with Gasteiger partial charge in [-0.1, -0.05) is 19.1 Å². The highest BCUT2D eigenvalue weighted by Crippen LogP contribution is 2.32. The normalized spacial score (nSPS) is 20.2. The zero-order chi connectivity index (χ0) is 17.7. The Hall–Kier alpha value is -2.48. The molecule has 2 rings (SSSR count). The fourth-order valence-electron chi connectivity index (χ4n) is 2.64. The summed E-state index contributed by atoms with van der Waals surface area (Å²) in [5.74, 6) is -1.42. The predicted octanol–water partition coefficient (Wildman–Crippen LogP) is 0.745. The smallest absolute Gasteiger partial charge is 0.325 e. The molecule has 1 fully saturated rings. The van der Waals surface area contributed by atoms with Crippen LogP contribution in [0.1, 0.15) is 18.9 Å². The highest BCUT2D eigenvalue weighted by molar-refractivity contribution is 6.09. The Morgan fingerprint density at radius 2 is 2.00 bits per heavy atom. The van der Waals surface area contributed by atoms with Crippen LogP contribution in [0.3, 0.4) is 0 Å². The number of hydrogen-bond donors (Lipinski definition) is 2. The number of urea groups is 1. The molecule has 8 heteroatoms. The van der Waals surface area contributed by atoms with Gasteiger partial charge in [-0.15, -0.1) is 0 Å². The summed E-state index contributed by atoms with van der Waals surface area (Å²) in [7, 11) is 1.50. The molecule has 1 aromatic rings. The molecule has 2 N–H and O–H groups in total. The number of carbonyl (C=O) groups is 3. The van der Waals surface area contributed by atoms with Gasteiger partial charge in [0.15, 0.2) is 0 Å². The number of nitrogens with one attached hydrogen (secondary N) is 2. The van der Waals surface area contributed by atoms with Crippen LogP contribution in [0.25, 0.3) is 0 Å². The standard InChI is InChI=1S/C16H20FN3O4/c1-3-16(11-4-6-12(17)7-5-11)14(22)20(15(23)19-16)10-13(21)18-8-9-24-2/h4-7H,3,8-10H2,1-2H3,(H,18,21)(H,19,23)/t16-/m1/s1. The highest BCUT2D eigenvalue weighted by Gasteiger charge is 2.51. The first-order chi connectivity index (χ1) is 11.4. The molecule has 1 aromatic carbocycles. The minimum absolute atomic E-state index is 0.283. The van der Waals surface area contributed by atoms with E-state index in [-0.39, 0.29) is 19.5 Å². The topological polar surface area (TPSA) is 87.7 Å². The lowest BCUT2D eigenvalue weighted by atomic mass is 9.87. The van der Waals surface area contributed by atoms with Gasteiger partial charge in [0.05, 0.1) is 6.61 Å². The summed E-state index contributed by atoms with van der Waals surface area (Å²) in [4.78, 5) is 37.7. The molecule has 24 heavy (non-hydrogen) atoms. The summed E-state index contributed by atoms with van der Waals surface area (Å²) in [5.41, 5.74) is -0.801. The molecule has 1 aliphatic heterocycles. The van der Waals surface area contributed by atoms with Crippen molar-refractivity contribution in [3.8, 4) is 0 Å². The van der Waals surface area contributed by atoms with Crippen LogP contribution in [0.2, 0.25) is 0 Å². The fraction of sp³-hybridized carbons (Fsp3) is 0.438. The maximum atomic E-state index is 13.1. The van der Waals surface area contributed by atoms with Gasteiger partial charge in [-0.3, -0.25) is 14.5 Å². The van der Waals surface area contributed by atoms with E-state index in [1.54, 1.807) is 6.92 Å². The van der Waals surface area contributed by atoms with Crippen LogP contribution in [-0.2, 0) is 19.9 Å². The van der Waals surface area contributed by atoms with Crippen molar-refractivity contribution in [1.29, 1.82) is 0 Å². The number of hydrogen-bond acceptors (Lipinski definition) is 4. The molecule has 0 bridgehead atoms. The molecule has 0 aliphatic carbocycles. The van der Waals surface area contributed by atoms with E-state index in [0.29, 0.717) is 12.2 Å². The molecule has 1 saturated heterocycles. The third-order valence-electron chi connectivity index (χ3n) is 3.97. The van der Waals surface area contributed by atoms with Gasteiger partial charge < -0.3 is 15.4 Å². The van der Waals surface area contributed by atoms with E-state index >= 15 is 0 Å². The zero-order valence-electron chi connectivity index (χ0n) is 13.6. The number of ether oxygens (including phenoxy) is 1. The lowest BCUT2D eigenvalue weighted by Crippen LogP contribution is -2.45. The van der Waals surface area contributed by atoms with Crippen molar-refractivity contribution in [1.82, 2.24) is 15.5 Å². The maximum Gasteiger partial charge on any atom is 0.325 e. The number of carbonyl (C=O) groups excluding carboxylic acids is 3. The average Bonchev–Trinajstić information content (AvgIpc) is 2.81. The van der Waals surface area contributed by atoms with Crippen molar-refractivity contribution in [3.63, 3.8) is 0 Å². The van der Waals surface area contributed by atoms with Crippen LogP contribution in [0.15, 0.2) is 24.3 Å². The van der Waals surface area contributed by atoms with Gasteiger partial charge in [-0.2, -0.15) is 0 Å². The Labute approximate surface area is 139 Å². The monoisotopic (exact) mass is 337 g/mol. The molecule has 1 atom stereocenters. The SMILES string of the molecule is CC[C@]1(c2ccc(F)cc2)NC(=O)N(CC(=O)NCCOC)C1=O. The summed E-state index contributed by atoms with van der Waals surface area (Å²) >= 11 is 0. The molecule has 130 valence electrons. The molecular weight excluding hydrogens is 317 g/mol. The Balaban J connectivity index is 2.16. The lowest BCUT2D eigenvalue weighted by Gasteiger charge is -2.25. The molecule has 1 aliphatic rings. The van der Waals surface area contributed by atoms with E-state index in [1.165, 1.54) is 31.4 Å². The van der Waals surface area contributed by atoms with Crippen molar-refractivity contribution in [3.05, 3.63) is 35.6 Å². The van der Waals surface area contributed by atoms with E-state index in [1.807, 2.05) is 0 Å². The van der Waals surface area contributed by atoms with Gasteiger partial charge >= 0.3 is 6.03 Å². The Kier molecular flexibility index (Phi) is 5.50. The van der Waals surface area contributed by atoms with Crippen LogP contribution in [-0.4, -0.2) is 49.6 Å². The van der Waals surface area contributed by atoms with Crippen LogP contribution < -0.4 is 10.6 Å². The zero-order valence-corrected chi connectivity index (χ0v) is 13.6. The summed E-state index contributed by atoms with van der Waals surface area (Å²) in [6.45, 7) is 1.98. The minimum atomic E-state index is -1.28. The molecule has 0 unspecified atom stereocenters. The molecular formula is C16H20FN3O4. The number of amides is 4. The van der Waals surface area contributed by atoms with Crippen molar-refractivity contribution >= 4 is 17.8 Å². The second-order valence-electron chi connectivity index (χ2n) is 5.43. The first-order valence-corrected chi connectivity index (χ1v) is 7.60. The van der Waals surface area contributed by atoms with Crippen molar-refractivity contribution in [2.45, 2.75) is 18.9 Å². The molecule has 0 radical (unpaired) electrons. The summed E-state index contributed by atoms with van der Waals surface area (Å²) in [5, 5.41) is 5.19. The molecule has 4 amide bonds. The van der Waals surface area contributed by atoms with Crippen LogP contribution in [0.5, 0.6) is 0 Å². The minimum Gasteiger partial charge on any atom is -0.383 e. The molecule has 0 spiro atoms. The maximum absolute atomic E-state index is 13.1. The number of nitrogens with zero attached hydrogens (tertiary/aromatic N) is 1. The summed E-state index contributed by atoms with van der Waals surface area (Å²) < 4.78 is 17.9. The third kappa shape index (κ3) is 3.38. The van der Waals surface area contributed by atoms with E-state index in [0.717, 1.165) is 4.90 Å². The van der Waals surface area contributed by atoms with Crippen molar-refractivity contribution < 1.29 is 23.5 Å². The number of benzene rings is 1. The molecule has 0 saturated carbocycles. The van der Waals surface area contributed by atoms with Crippen LogP contribution in [0.4, 0.5) is 9.18 Å². The second kappa shape index (κ2) is 7.39. The number of imide groups is 1. The average molecular weight is 337 g/mol. The number of methoxy groups -OCH3 is 1. The predicted molar refractivity (Wildman–Crippen MR) is 83.5 cm³/mol. The van der Waals surface area contributed by atoms with Gasteiger partial charge in [-0.25, -0.2) is 9.18 Å². The third-order valence-corrected chi connectivity index (χ3v) is 3.97. The van der Waals surface area contributed by atoms with Gasteiger partial charge in [0, 0.05) is 13.7 Å². The highest BCUT2D eigenvalue weighted by atomic mass is 19.1. The molecule has 7 nitrogen and oxygen atoms in total. The molecule has 1 heterocycles. The van der Waals surface area contributed by atoms with Gasteiger partial charge in [0.2, 0.25) is 5.91 Å². The quantitative estimate of drug-likeness (QED) is 0.568. The largest absolute Gasteiger partial charge is 0.383 e. The first-order valence-electron chi connectivity index (χ1n) is 7.60. The van der Waals surface area contributed by atoms with Gasteiger partial charge in [0.25, 0.3) is 5.91 Å². The van der Waals surface area contributed by atoms with E-state index in [2.05, 4.69) is 10.6 Å². The second-order valence-corrected chi connectivity index (χ2v) is 5.43. The lowest BCUT2D eigenvalue weighted by molar-refractivity contribution is -0.135. The van der Waals surface area contributed by atoms with Gasteiger partial charge in [0.1, 0.15) is 17.9 Å².